The van der Waals surface area contributed by atoms with Gasteiger partial charge in [0.15, 0.2) is 0 Å². The minimum absolute atomic E-state index is 0.210. The molecule has 0 bridgehead atoms. The van der Waals surface area contributed by atoms with Gasteiger partial charge in [0.05, 0.1) is 0 Å². The van der Waals surface area contributed by atoms with Crippen molar-refractivity contribution in [1.82, 2.24) is 0 Å². The van der Waals surface area contributed by atoms with E-state index in [1.807, 2.05) is 6.92 Å². The number of benzene rings is 2. The fourth-order valence-corrected chi connectivity index (χ4v) is 2.80. The monoisotopic (exact) mass is 282 g/mol. The molecule has 3 rings (SSSR count). The first-order valence-corrected chi connectivity index (χ1v) is 7.21. The lowest BCUT2D eigenvalue weighted by atomic mass is 10.1. The van der Waals surface area contributed by atoms with Gasteiger partial charge >= 0.3 is 5.97 Å². The van der Waals surface area contributed by atoms with E-state index >= 15 is 0 Å². The number of aryl methyl sites for hydroxylation is 3. The van der Waals surface area contributed by atoms with Crippen LogP contribution in [0.4, 0.5) is 0 Å². The van der Waals surface area contributed by atoms with Gasteiger partial charge in [0, 0.05) is 0 Å². The summed E-state index contributed by atoms with van der Waals surface area (Å²) in [6, 6.07) is 11.6. The minimum Gasteiger partial charge on any atom is -0.488 e. The number of rotatable bonds is 4. The van der Waals surface area contributed by atoms with Crippen molar-refractivity contribution >= 4 is 5.97 Å². The molecule has 0 radical (unpaired) electrons. The van der Waals surface area contributed by atoms with Crippen LogP contribution in [-0.2, 0) is 19.4 Å². The predicted molar refractivity (Wildman–Crippen MR) is 80.9 cm³/mol. The number of fused-ring (bicyclic) bond motifs is 1. The van der Waals surface area contributed by atoms with E-state index in [2.05, 4.69) is 18.2 Å². The summed E-state index contributed by atoms with van der Waals surface area (Å²) >= 11 is 0. The SMILES string of the molecule is Cc1ccc(C(=O)O)c(OCc2ccc3c(c2)CCC3)c1. The van der Waals surface area contributed by atoms with Crippen LogP contribution in [0.1, 0.15) is 39.0 Å². The molecule has 0 atom stereocenters. The van der Waals surface area contributed by atoms with Crippen LogP contribution >= 0.6 is 0 Å². The lowest BCUT2D eigenvalue weighted by molar-refractivity contribution is 0.0691. The molecule has 0 saturated heterocycles. The first-order valence-electron chi connectivity index (χ1n) is 7.21. The molecule has 0 heterocycles. The number of hydrogen-bond acceptors (Lipinski definition) is 2. The number of ether oxygens (including phenoxy) is 1. The first-order chi connectivity index (χ1) is 10.1. The molecule has 0 fully saturated rings. The Bertz CT molecular complexity index is 689. The summed E-state index contributed by atoms with van der Waals surface area (Å²) in [5, 5.41) is 9.20. The van der Waals surface area contributed by atoms with Crippen molar-refractivity contribution in [3.8, 4) is 5.75 Å². The maximum Gasteiger partial charge on any atom is 0.339 e. The maximum absolute atomic E-state index is 11.2. The van der Waals surface area contributed by atoms with Crippen molar-refractivity contribution in [2.75, 3.05) is 0 Å². The van der Waals surface area contributed by atoms with Gasteiger partial charge in [-0.1, -0.05) is 24.3 Å². The summed E-state index contributed by atoms with van der Waals surface area (Å²) in [5.74, 6) is -0.526. The van der Waals surface area contributed by atoms with Crippen molar-refractivity contribution in [3.05, 3.63) is 64.2 Å². The zero-order chi connectivity index (χ0) is 14.8. The Balaban J connectivity index is 1.78. The molecule has 2 aromatic carbocycles. The van der Waals surface area contributed by atoms with Gasteiger partial charge in [-0.05, 0) is 60.6 Å². The molecule has 2 aromatic rings. The van der Waals surface area contributed by atoms with E-state index in [0.717, 1.165) is 24.0 Å². The van der Waals surface area contributed by atoms with Crippen LogP contribution in [0.3, 0.4) is 0 Å². The number of carboxylic acid groups (broad SMARTS) is 1. The second-order valence-electron chi connectivity index (χ2n) is 5.55. The largest absolute Gasteiger partial charge is 0.488 e. The number of aromatic carboxylic acids is 1. The zero-order valence-corrected chi connectivity index (χ0v) is 12.1. The Hall–Kier alpha value is -2.29. The summed E-state index contributed by atoms with van der Waals surface area (Å²) in [6.45, 7) is 2.32. The zero-order valence-electron chi connectivity index (χ0n) is 12.1. The van der Waals surface area contributed by atoms with E-state index in [-0.39, 0.29) is 5.56 Å². The summed E-state index contributed by atoms with van der Waals surface area (Å²) in [4.78, 5) is 11.2. The molecule has 0 unspecified atom stereocenters. The Morgan fingerprint density at radius 1 is 1.14 bits per heavy atom. The van der Waals surface area contributed by atoms with E-state index in [0.29, 0.717) is 12.4 Å². The highest BCUT2D eigenvalue weighted by Crippen LogP contribution is 2.25. The lowest BCUT2D eigenvalue weighted by Crippen LogP contribution is -2.04. The van der Waals surface area contributed by atoms with Crippen LogP contribution in [0.2, 0.25) is 0 Å². The van der Waals surface area contributed by atoms with Crippen LogP contribution in [0.5, 0.6) is 5.75 Å². The molecule has 21 heavy (non-hydrogen) atoms. The average molecular weight is 282 g/mol. The normalized spacial score (nSPS) is 13.0. The molecule has 3 nitrogen and oxygen atoms in total. The molecule has 1 aliphatic rings. The highest BCUT2D eigenvalue weighted by molar-refractivity contribution is 5.90. The summed E-state index contributed by atoms with van der Waals surface area (Å²) in [7, 11) is 0. The number of hydrogen-bond donors (Lipinski definition) is 1. The Kier molecular flexibility index (Phi) is 3.65. The molecule has 108 valence electrons. The second kappa shape index (κ2) is 5.60. The van der Waals surface area contributed by atoms with Crippen molar-refractivity contribution in [3.63, 3.8) is 0 Å². The van der Waals surface area contributed by atoms with E-state index in [9.17, 15) is 9.90 Å². The summed E-state index contributed by atoms with van der Waals surface area (Å²) in [5.41, 5.74) is 5.12. The molecular weight excluding hydrogens is 264 g/mol. The van der Waals surface area contributed by atoms with Gasteiger partial charge in [-0.25, -0.2) is 4.79 Å². The third-order valence-corrected chi connectivity index (χ3v) is 3.92. The van der Waals surface area contributed by atoms with Gasteiger partial charge in [-0.15, -0.1) is 0 Å². The maximum atomic E-state index is 11.2. The fraction of sp³-hybridized carbons (Fsp3) is 0.278. The highest BCUT2D eigenvalue weighted by Gasteiger charge is 2.13. The van der Waals surface area contributed by atoms with Crippen LogP contribution < -0.4 is 4.74 Å². The van der Waals surface area contributed by atoms with Crippen LogP contribution in [0.25, 0.3) is 0 Å². The third kappa shape index (κ3) is 2.92. The van der Waals surface area contributed by atoms with Crippen molar-refractivity contribution in [1.29, 1.82) is 0 Å². The number of carboxylic acids is 1. The van der Waals surface area contributed by atoms with Gasteiger partial charge in [0.1, 0.15) is 17.9 Å². The standard InChI is InChI=1S/C18H18O3/c1-12-5-8-16(18(19)20)17(9-12)21-11-13-6-7-14-3-2-4-15(14)10-13/h5-10H,2-4,11H2,1H3,(H,19,20). The highest BCUT2D eigenvalue weighted by atomic mass is 16.5. The first kappa shape index (κ1) is 13.7. The van der Waals surface area contributed by atoms with E-state index < -0.39 is 5.97 Å². The number of carbonyl (C=O) groups is 1. The van der Waals surface area contributed by atoms with Crippen LogP contribution in [0, 0.1) is 6.92 Å². The molecule has 0 aromatic heterocycles. The predicted octanol–water partition coefficient (Wildman–Crippen LogP) is 3.76. The molecule has 0 amide bonds. The fourth-order valence-electron chi connectivity index (χ4n) is 2.80. The van der Waals surface area contributed by atoms with Crippen molar-refractivity contribution in [2.24, 2.45) is 0 Å². The molecule has 1 N–H and O–H groups in total. The molecule has 0 aliphatic heterocycles. The van der Waals surface area contributed by atoms with Gasteiger partial charge < -0.3 is 9.84 Å². The van der Waals surface area contributed by atoms with Gasteiger partial charge in [0.25, 0.3) is 0 Å². The van der Waals surface area contributed by atoms with E-state index in [1.54, 1.807) is 18.2 Å². The Morgan fingerprint density at radius 3 is 2.76 bits per heavy atom. The van der Waals surface area contributed by atoms with E-state index in [4.69, 9.17) is 4.74 Å². The Morgan fingerprint density at radius 2 is 1.95 bits per heavy atom. The topological polar surface area (TPSA) is 46.5 Å². The van der Waals surface area contributed by atoms with Crippen molar-refractivity contribution < 1.29 is 14.6 Å². The second-order valence-corrected chi connectivity index (χ2v) is 5.55. The average Bonchev–Trinajstić information content (AvgIpc) is 2.92. The molecule has 3 heteroatoms. The van der Waals surface area contributed by atoms with Crippen molar-refractivity contribution in [2.45, 2.75) is 32.8 Å². The molecule has 1 aliphatic carbocycles. The Labute approximate surface area is 124 Å². The third-order valence-electron chi connectivity index (χ3n) is 3.92. The van der Waals surface area contributed by atoms with Gasteiger partial charge in [-0.3, -0.25) is 0 Å². The molecular formula is C18H18O3. The summed E-state index contributed by atoms with van der Waals surface area (Å²) < 4.78 is 5.74. The summed E-state index contributed by atoms with van der Waals surface area (Å²) in [6.07, 6.45) is 3.52. The lowest BCUT2D eigenvalue weighted by Gasteiger charge is -2.11. The minimum atomic E-state index is -0.959. The molecule has 0 saturated carbocycles. The smallest absolute Gasteiger partial charge is 0.339 e. The molecule has 0 spiro atoms. The van der Waals surface area contributed by atoms with Crippen LogP contribution in [0.15, 0.2) is 36.4 Å². The quantitative estimate of drug-likeness (QED) is 0.928. The van der Waals surface area contributed by atoms with E-state index in [1.165, 1.54) is 17.5 Å². The van der Waals surface area contributed by atoms with Crippen LogP contribution in [-0.4, -0.2) is 11.1 Å². The van der Waals surface area contributed by atoms with Gasteiger partial charge in [-0.2, -0.15) is 0 Å². The van der Waals surface area contributed by atoms with Gasteiger partial charge in [0.2, 0.25) is 0 Å².